The van der Waals surface area contributed by atoms with E-state index in [-0.39, 0.29) is 30.8 Å². The fourth-order valence-electron chi connectivity index (χ4n) is 2.73. The average molecular weight is 339 g/mol. The number of benzene rings is 2. The van der Waals surface area contributed by atoms with E-state index in [1.807, 2.05) is 69.3 Å². The van der Waals surface area contributed by atoms with Gasteiger partial charge in [0.1, 0.15) is 0 Å². The molecule has 25 heavy (non-hydrogen) atoms. The highest BCUT2D eigenvalue weighted by Gasteiger charge is 2.14. The zero-order chi connectivity index (χ0) is 18.2. The molecule has 0 aliphatic heterocycles. The van der Waals surface area contributed by atoms with E-state index in [1.165, 1.54) is 0 Å². The molecular formula is C21H25NO3. The second kappa shape index (κ2) is 9.02. The smallest absolute Gasteiger partial charge is 0.306 e. The maximum atomic E-state index is 12.1. The Morgan fingerprint density at radius 2 is 1.80 bits per heavy atom. The Morgan fingerprint density at radius 3 is 2.48 bits per heavy atom. The molecule has 0 aromatic heterocycles. The molecule has 1 amide bonds. The molecule has 0 aliphatic carbocycles. The highest BCUT2D eigenvalue weighted by molar-refractivity contribution is 5.94. The van der Waals surface area contributed by atoms with Gasteiger partial charge in [-0.05, 0) is 36.0 Å². The van der Waals surface area contributed by atoms with E-state index in [0.717, 1.165) is 28.8 Å². The van der Waals surface area contributed by atoms with Crippen LogP contribution in [0.25, 0.3) is 0 Å². The van der Waals surface area contributed by atoms with Crippen LogP contribution in [0.5, 0.6) is 0 Å². The Balaban J connectivity index is 1.85. The molecule has 4 nitrogen and oxygen atoms in total. The van der Waals surface area contributed by atoms with E-state index < -0.39 is 0 Å². The van der Waals surface area contributed by atoms with Gasteiger partial charge in [0, 0.05) is 5.69 Å². The summed E-state index contributed by atoms with van der Waals surface area (Å²) in [6, 6.07) is 15.7. The van der Waals surface area contributed by atoms with Crippen molar-refractivity contribution in [3.8, 4) is 0 Å². The summed E-state index contributed by atoms with van der Waals surface area (Å²) in [7, 11) is 0. The Kier molecular flexibility index (Phi) is 6.75. The second-order valence-electron chi connectivity index (χ2n) is 6.19. The molecule has 0 fully saturated rings. The predicted octanol–water partition coefficient (Wildman–Crippen LogP) is 4.23. The van der Waals surface area contributed by atoms with Crippen molar-refractivity contribution in [2.45, 2.75) is 39.5 Å². The van der Waals surface area contributed by atoms with Crippen molar-refractivity contribution in [1.29, 1.82) is 0 Å². The van der Waals surface area contributed by atoms with Crippen molar-refractivity contribution in [3.63, 3.8) is 0 Å². The van der Waals surface area contributed by atoms with Crippen molar-refractivity contribution in [3.05, 3.63) is 65.2 Å². The van der Waals surface area contributed by atoms with E-state index in [4.69, 9.17) is 4.74 Å². The first-order valence-electron chi connectivity index (χ1n) is 8.60. The lowest BCUT2D eigenvalue weighted by atomic mass is 9.98. The van der Waals surface area contributed by atoms with Crippen LogP contribution < -0.4 is 5.32 Å². The van der Waals surface area contributed by atoms with Crippen LogP contribution in [0.2, 0.25) is 0 Å². The summed E-state index contributed by atoms with van der Waals surface area (Å²) in [6.07, 6.45) is 1.08. The van der Waals surface area contributed by atoms with Crippen LogP contribution in [0.3, 0.4) is 0 Å². The molecule has 0 bridgehead atoms. The first-order chi connectivity index (χ1) is 12.0. The van der Waals surface area contributed by atoms with Gasteiger partial charge in [-0.25, -0.2) is 0 Å². The Morgan fingerprint density at radius 1 is 1.08 bits per heavy atom. The van der Waals surface area contributed by atoms with Crippen LogP contribution in [-0.4, -0.2) is 18.5 Å². The number of nitrogens with one attached hydrogen (secondary N) is 1. The molecular weight excluding hydrogens is 314 g/mol. The zero-order valence-electron chi connectivity index (χ0n) is 15.0. The molecule has 2 aromatic carbocycles. The van der Waals surface area contributed by atoms with Gasteiger partial charge in [-0.1, -0.05) is 62.4 Å². The summed E-state index contributed by atoms with van der Waals surface area (Å²) in [4.78, 5) is 24.1. The van der Waals surface area contributed by atoms with E-state index in [1.54, 1.807) is 0 Å². The number of para-hydroxylation sites is 1. The van der Waals surface area contributed by atoms with Gasteiger partial charge in [-0.2, -0.15) is 0 Å². The SMILES string of the molecule is CCc1cccc(C)c1NC(=O)COC(=O)C[C@H](C)c1ccccc1. The minimum Gasteiger partial charge on any atom is -0.456 e. The van der Waals surface area contributed by atoms with Gasteiger partial charge in [0.25, 0.3) is 5.91 Å². The third kappa shape index (κ3) is 5.45. The lowest BCUT2D eigenvalue weighted by molar-refractivity contribution is -0.147. The maximum Gasteiger partial charge on any atom is 0.306 e. The lowest BCUT2D eigenvalue weighted by Gasteiger charge is -2.14. The maximum absolute atomic E-state index is 12.1. The van der Waals surface area contributed by atoms with Crippen LogP contribution in [0.4, 0.5) is 5.69 Å². The predicted molar refractivity (Wildman–Crippen MR) is 99.6 cm³/mol. The fourth-order valence-corrected chi connectivity index (χ4v) is 2.73. The van der Waals surface area contributed by atoms with Crippen molar-refractivity contribution < 1.29 is 14.3 Å². The molecule has 4 heteroatoms. The number of rotatable bonds is 7. The summed E-state index contributed by atoms with van der Waals surface area (Å²) in [5.41, 5.74) is 3.95. The summed E-state index contributed by atoms with van der Waals surface area (Å²) in [5, 5.41) is 2.85. The van der Waals surface area contributed by atoms with Gasteiger partial charge in [0.05, 0.1) is 6.42 Å². The van der Waals surface area contributed by atoms with Crippen LogP contribution in [0, 0.1) is 6.92 Å². The first-order valence-corrected chi connectivity index (χ1v) is 8.60. The Hall–Kier alpha value is -2.62. The number of hydrogen-bond donors (Lipinski definition) is 1. The third-order valence-corrected chi connectivity index (χ3v) is 4.21. The number of ether oxygens (including phenoxy) is 1. The van der Waals surface area contributed by atoms with Crippen molar-refractivity contribution in [2.24, 2.45) is 0 Å². The topological polar surface area (TPSA) is 55.4 Å². The molecule has 0 heterocycles. The summed E-state index contributed by atoms with van der Waals surface area (Å²) in [5.74, 6) is -0.628. The number of hydrogen-bond acceptors (Lipinski definition) is 3. The van der Waals surface area contributed by atoms with Crippen molar-refractivity contribution in [2.75, 3.05) is 11.9 Å². The fraction of sp³-hybridized carbons (Fsp3) is 0.333. The number of carbonyl (C=O) groups excluding carboxylic acids is 2. The summed E-state index contributed by atoms with van der Waals surface area (Å²) in [6.45, 7) is 5.69. The highest BCUT2D eigenvalue weighted by atomic mass is 16.5. The normalized spacial score (nSPS) is 11.6. The van der Waals surface area contributed by atoms with E-state index in [9.17, 15) is 9.59 Å². The molecule has 132 valence electrons. The molecule has 0 saturated heterocycles. The highest BCUT2D eigenvalue weighted by Crippen LogP contribution is 2.21. The molecule has 1 N–H and O–H groups in total. The van der Waals surface area contributed by atoms with Gasteiger partial charge < -0.3 is 10.1 Å². The largest absolute Gasteiger partial charge is 0.456 e. The van der Waals surface area contributed by atoms with Gasteiger partial charge in [0.15, 0.2) is 6.61 Å². The minimum atomic E-state index is -0.369. The van der Waals surface area contributed by atoms with Crippen LogP contribution >= 0.6 is 0 Å². The molecule has 1 atom stereocenters. The summed E-state index contributed by atoms with van der Waals surface area (Å²) >= 11 is 0. The van der Waals surface area contributed by atoms with Crippen LogP contribution in [0.15, 0.2) is 48.5 Å². The monoisotopic (exact) mass is 339 g/mol. The lowest BCUT2D eigenvalue weighted by Crippen LogP contribution is -2.22. The van der Waals surface area contributed by atoms with Crippen molar-refractivity contribution in [1.82, 2.24) is 0 Å². The average Bonchev–Trinajstić information content (AvgIpc) is 2.62. The molecule has 0 radical (unpaired) electrons. The molecule has 2 rings (SSSR count). The number of amides is 1. The quantitative estimate of drug-likeness (QED) is 0.768. The summed E-state index contributed by atoms with van der Waals surface area (Å²) < 4.78 is 5.13. The Bertz CT molecular complexity index is 725. The zero-order valence-corrected chi connectivity index (χ0v) is 15.0. The molecule has 0 aliphatic rings. The molecule has 0 unspecified atom stereocenters. The standard InChI is InChI=1S/C21H25NO3/c1-4-17-12-8-9-15(2)21(17)22-19(23)14-25-20(24)13-16(3)18-10-6-5-7-11-18/h5-12,16H,4,13-14H2,1-3H3,(H,22,23)/t16-/m0/s1. The van der Waals surface area contributed by atoms with E-state index >= 15 is 0 Å². The number of carbonyl (C=O) groups is 2. The Labute approximate surface area is 149 Å². The van der Waals surface area contributed by atoms with Gasteiger partial charge in [-0.3, -0.25) is 9.59 Å². The van der Waals surface area contributed by atoms with Crippen LogP contribution in [0.1, 0.15) is 42.9 Å². The van der Waals surface area contributed by atoms with Gasteiger partial charge in [0.2, 0.25) is 0 Å². The van der Waals surface area contributed by atoms with Crippen molar-refractivity contribution >= 4 is 17.6 Å². The number of anilines is 1. The van der Waals surface area contributed by atoms with E-state index in [0.29, 0.717) is 0 Å². The third-order valence-electron chi connectivity index (χ3n) is 4.21. The molecule has 0 saturated carbocycles. The van der Waals surface area contributed by atoms with E-state index in [2.05, 4.69) is 5.32 Å². The molecule has 2 aromatic rings. The minimum absolute atomic E-state index is 0.0554. The number of aryl methyl sites for hydroxylation is 2. The number of esters is 1. The second-order valence-corrected chi connectivity index (χ2v) is 6.19. The molecule has 0 spiro atoms. The van der Waals surface area contributed by atoms with Gasteiger partial charge >= 0.3 is 5.97 Å². The first kappa shape index (κ1) is 18.7. The van der Waals surface area contributed by atoms with Gasteiger partial charge in [-0.15, -0.1) is 0 Å². The van der Waals surface area contributed by atoms with Crippen LogP contribution in [-0.2, 0) is 20.7 Å².